The Morgan fingerprint density at radius 2 is 2.08 bits per heavy atom. The van der Waals surface area contributed by atoms with Crippen molar-refractivity contribution >= 4 is 5.91 Å². The predicted octanol–water partition coefficient (Wildman–Crippen LogP) is 1.69. The summed E-state index contributed by atoms with van der Waals surface area (Å²) in [6.45, 7) is 1.87. The zero-order chi connectivity index (χ0) is 16.5. The SMILES string of the molecule is NC(=O)c1cnn2c1C[C@H](CN[C@@H]1CCc3ccccc3C1)CC2. The number of hydrogen-bond donors (Lipinski definition) is 2. The summed E-state index contributed by atoms with van der Waals surface area (Å²) in [4.78, 5) is 11.5. The second-order valence-corrected chi connectivity index (χ2v) is 7.07. The first kappa shape index (κ1) is 15.4. The van der Waals surface area contributed by atoms with Gasteiger partial charge in [-0.2, -0.15) is 5.10 Å². The van der Waals surface area contributed by atoms with Gasteiger partial charge in [0, 0.05) is 12.6 Å². The summed E-state index contributed by atoms with van der Waals surface area (Å²) in [7, 11) is 0. The summed E-state index contributed by atoms with van der Waals surface area (Å²) in [6, 6.07) is 9.33. The zero-order valence-electron chi connectivity index (χ0n) is 13.9. The molecule has 4 rings (SSSR count). The summed E-state index contributed by atoms with van der Waals surface area (Å²) in [5.74, 6) is 0.179. The van der Waals surface area contributed by atoms with E-state index in [0.717, 1.165) is 44.5 Å². The van der Waals surface area contributed by atoms with Crippen LogP contribution in [0.25, 0.3) is 0 Å². The summed E-state index contributed by atoms with van der Waals surface area (Å²) in [5, 5.41) is 8.04. The average Bonchev–Trinajstić information content (AvgIpc) is 3.03. The van der Waals surface area contributed by atoms with Gasteiger partial charge in [0.1, 0.15) is 0 Å². The Bertz CT molecular complexity index is 752. The smallest absolute Gasteiger partial charge is 0.252 e. The number of amides is 1. The van der Waals surface area contributed by atoms with E-state index in [0.29, 0.717) is 17.5 Å². The van der Waals surface area contributed by atoms with Crippen LogP contribution in [0.3, 0.4) is 0 Å². The van der Waals surface area contributed by atoms with Crippen molar-refractivity contribution < 1.29 is 4.79 Å². The summed E-state index contributed by atoms with van der Waals surface area (Å²) >= 11 is 0. The highest BCUT2D eigenvalue weighted by atomic mass is 16.1. The molecule has 24 heavy (non-hydrogen) atoms. The number of benzene rings is 1. The lowest BCUT2D eigenvalue weighted by Crippen LogP contribution is -2.39. The topological polar surface area (TPSA) is 72.9 Å². The maximum Gasteiger partial charge on any atom is 0.252 e. The van der Waals surface area contributed by atoms with Crippen LogP contribution in [-0.2, 0) is 25.8 Å². The number of aromatic nitrogens is 2. The van der Waals surface area contributed by atoms with Crippen molar-refractivity contribution in [2.75, 3.05) is 6.54 Å². The molecule has 2 aliphatic rings. The quantitative estimate of drug-likeness (QED) is 0.899. The maximum absolute atomic E-state index is 11.5. The van der Waals surface area contributed by atoms with Gasteiger partial charge in [-0.15, -0.1) is 0 Å². The van der Waals surface area contributed by atoms with E-state index in [4.69, 9.17) is 5.73 Å². The van der Waals surface area contributed by atoms with Crippen molar-refractivity contribution in [2.45, 2.75) is 44.7 Å². The van der Waals surface area contributed by atoms with Gasteiger partial charge >= 0.3 is 0 Å². The Hall–Kier alpha value is -2.14. The van der Waals surface area contributed by atoms with Gasteiger partial charge in [0.2, 0.25) is 0 Å². The van der Waals surface area contributed by atoms with Gasteiger partial charge in [0.05, 0.1) is 17.5 Å². The molecule has 5 heteroatoms. The van der Waals surface area contributed by atoms with Crippen LogP contribution < -0.4 is 11.1 Å². The van der Waals surface area contributed by atoms with E-state index >= 15 is 0 Å². The fourth-order valence-corrected chi connectivity index (χ4v) is 4.08. The van der Waals surface area contributed by atoms with E-state index in [1.807, 2.05) is 4.68 Å². The third kappa shape index (κ3) is 2.96. The minimum Gasteiger partial charge on any atom is -0.365 e. The van der Waals surface area contributed by atoms with Gasteiger partial charge in [-0.1, -0.05) is 24.3 Å². The minimum absolute atomic E-state index is 0.367. The molecule has 1 aromatic heterocycles. The molecule has 1 amide bonds. The Labute approximate surface area is 142 Å². The number of fused-ring (bicyclic) bond motifs is 2. The second kappa shape index (κ2) is 6.40. The molecule has 1 aliphatic heterocycles. The lowest BCUT2D eigenvalue weighted by atomic mass is 9.87. The normalized spacial score (nSPS) is 22.7. The van der Waals surface area contributed by atoms with Crippen LogP contribution >= 0.6 is 0 Å². The highest BCUT2D eigenvalue weighted by Gasteiger charge is 2.25. The summed E-state index contributed by atoms with van der Waals surface area (Å²) in [6.07, 6.45) is 7.09. The van der Waals surface area contributed by atoms with E-state index in [1.165, 1.54) is 17.5 Å². The average molecular weight is 324 g/mol. The fraction of sp³-hybridized carbons (Fsp3) is 0.474. The van der Waals surface area contributed by atoms with Crippen LogP contribution in [0.1, 0.15) is 40.0 Å². The van der Waals surface area contributed by atoms with Crippen LogP contribution in [0.15, 0.2) is 30.5 Å². The molecule has 0 saturated carbocycles. The number of carbonyl (C=O) groups excluding carboxylic acids is 1. The van der Waals surface area contributed by atoms with Gasteiger partial charge < -0.3 is 11.1 Å². The van der Waals surface area contributed by atoms with Crippen LogP contribution in [0.5, 0.6) is 0 Å². The monoisotopic (exact) mass is 324 g/mol. The molecule has 2 heterocycles. The number of rotatable bonds is 4. The zero-order valence-corrected chi connectivity index (χ0v) is 13.9. The van der Waals surface area contributed by atoms with E-state index in [9.17, 15) is 4.79 Å². The Morgan fingerprint density at radius 3 is 2.92 bits per heavy atom. The number of aryl methyl sites for hydroxylation is 2. The molecular formula is C19H24N4O. The standard InChI is InChI=1S/C19H24N4O/c20-19(24)17-12-22-23-8-7-13(9-18(17)23)11-21-16-6-5-14-3-1-2-4-15(14)10-16/h1-4,12-13,16,21H,5-11H2,(H2,20,24)/t13-,16-/m1/s1. The van der Waals surface area contributed by atoms with E-state index in [2.05, 4.69) is 34.7 Å². The predicted molar refractivity (Wildman–Crippen MR) is 92.8 cm³/mol. The van der Waals surface area contributed by atoms with Crippen molar-refractivity contribution in [1.82, 2.24) is 15.1 Å². The van der Waals surface area contributed by atoms with Crippen LogP contribution in [-0.4, -0.2) is 28.3 Å². The first-order chi connectivity index (χ1) is 11.7. The molecule has 0 bridgehead atoms. The van der Waals surface area contributed by atoms with E-state index in [-0.39, 0.29) is 5.91 Å². The molecule has 2 aromatic rings. The maximum atomic E-state index is 11.5. The molecular weight excluding hydrogens is 300 g/mol. The molecule has 3 N–H and O–H groups in total. The first-order valence-electron chi connectivity index (χ1n) is 8.85. The van der Waals surface area contributed by atoms with Gasteiger partial charge in [-0.05, 0) is 55.7 Å². The van der Waals surface area contributed by atoms with E-state index in [1.54, 1.807) is 6.20 Å². The largest absolute Gasteiger partial charge is 0.365 e. The third-order valence-corrected chi connectivity index (χ3v) is 5.49. The number of primary amides is 1. The molecule has 0 fully saturated rings. The molecule has 0 spiro atoms. The van der Waals surface area contributed by atoms with Crippen LogP contribution in [0, 0.1) is 5.92 Å². The number of nitrogens with two attached hydrogens (primary N) is 1. The minimum atomic E-state index is -0.367. The lowest BCUT2D eigenvalue weighted by molar-refractivity contribution is 0.0998. The molecule has 0 saturated heterocycles. The molecule has 0 unspecified atom stereocenters. The van der Waals surface area contributed by atoms with Gasteiger partial charge in [0.25, 0.3) is 5.91 Å². The Balaban J connectivity index is 1.36. The van der Waals surface area contributed by atoms with Crippen molar-refractivity contribution in [2.24, 2.45) is 11.7 Å². The van der Waals surface area contributed by atoms with Gasteiger partial charge in [-0.25, -0.2) is 0 Å². The van der Waals surface area contributed by atoms with Gasteiger partial charge in [0.15, 0.2) is 0 Å². The Morgan fingerprint density at radius 1 is 1.25 bits per heavy atom. The number of nitrogens with one attached hydrogen (secondary N) is 1. The first-order valence-corrected chi connectivity index (χ1v) is 8.85. The van der Waals surface area contributed by atoms with E-state index < -0.39 is 0 Å². The number of nitrogens with zero attached hydrogens (tertiary/aromatic N) is 2. The molecule has 5 nitrogen and oxygen atoms in total. The lowest BCUT2D eigenvalue weighted by Gasteiger charge is -2.29. The summed E-state index contributed by atoms with van der Waals surface area (Å²) < 4.78 is 1.94. The van der Waals surface area contributed by atoms with Gasteiger partial charge in [-0.3, -0.25) is 9.48 Å². The highest BCUT2D eigenvalue weighted by Crippen LogP contribution is 2.24. The Kier molecular flexibility index (Phi) is 4.10. The van der Waals surface area contributed by atoms with Crippen LogP contribution in [0.2, 0.25) is 0 Å². The third-order valence-electron chi connectivity index (χ3n) is 5.49. The second-order valence-electron chi connectivity index (χ2n) is 7.07. The molecule has 1 aliphatic carbocycles. The number of hydrogen-bond acceptors (Lipinski definition) is 3. The van der Waals surface area contributed by atoms with Crippen molar-refractivity contribution in [3.63, 3.8) is 0 Å². The van der Waals surface area contributed by atoms with Crippen LogP contribution in [0.4, 0.5) is 0 Å². The summed E-state index contributed by atoms with van der Waals surface area (Å²) in [5.41, 5.74) is 10.0. The highest BCUT2D eigenvalue weighted by molar-refractivity contribution is 5.93. The fourth-order valence-electron chi connectivity index (χ4n) is 4.08. The molecule has 126 valence electrons. The van der Waals surface area contributed by atoms with Crippen molar-refractivity contribution in [3.8, 4) is 0 Å². The molecule has 0 radical (unpaired) electrons. The molecule has 2 atom stereocenters. The number of carbonyl (C=O) groups is 1. The van der Waals surface area contributed by atoms with Crippen molar-refractivity contribution in [1.29, 1.82) is 0 Å². The van der Waals surface area contributed by atoms with Crippen molar-refractivity contribution in [3.05, 3.63) is 52.8 Å². The molecule has 1 aromatic carbocycles.